The number of halogens is 7. The molecule has 0 aliphatic carbocycles. The zero-order chi connectivity index (χ0) is 23.5. The number of ether oxygens (including phenoxy) is 1. The van der Waals surface area contributed by atoms with E-state index in [9.17, 15) is 35.5 Å². The van der Waals surface area contributed by atoms with E-state index < -0.39 is 35.9 Å². The van der Waals surface area contributed by atoms with Crippen LogP contribution in [0.4, 0.5) is 30.7 Å². The van der Waals surface area contributed by atoms with E-state index in [1.54, 1.807) is 0 Å². The molecule has 1 atom stereocenters. The molecule has 0 saturated heterocycles. The maximum Gasteiger partial charge on any atom is 0.419 e. The number of nitrogens with zero attached hydrogens (tertiary/aromatic N) is 3. The molecule has 0 saturated carbocycles. The van der Waals surface area contributed by atoms with E-state index in [0.717, 1.165) is 10.6 Å². The molecule has 3 rings (SSSR count). The fourth-order valence-electron chi connectivity index (χ4n) is 3.02. The van der Waals surface area contributed by atoms with Crippen LogP contribution in [0.2, 0.25) is 0 Å². The molecular formula is C20H16F7N3O2. The molecule has 32 heavy (non-hydrogen) atoms. The summed E-state index contributed by atoms with van der Waals surface area (Å²) in [6.45, 7) is -3.64. The Morgan fingerprint density at radius 1 is 1.09 bits per heavy atom. The fourth-order valence-corrected chi connectivity index (χ4v) is 3.02. The summed E-state index contributed by atoms with van der Waals surface area (Å²) in [6.07, 6.45) is -3.92. The van der Waals surface area contributed by atoms with Crippen LogP contribution in [0.1, 0.15) is 18.4 Å². The maximum absolute atomic E-state index is 14.6. The molecule has 3 aromatic rings. The summed E-state index contributed by atoms with van der Waals surface area (Å²) in [4.78, 5) is 19.7. The molecule has 0 aliphatic heterocycles. The summed E-state index contributed by atoms with van der Waals surface area (Å²) in [5.41, 5.74) is -1.98. The summed E-state index contributed by atoms with van der Waals surface area (Å²) in [6, 6.07) is 3.51. The normalized spacial score (nSPS) is 13.1. The number of hydrogen-bond donors (Lipinski definition) is 0. The number of pyridine rings is 1. The molecule has 5 nitrogen and oxygen atoms in total. The van der Waals surface area contributed by atoms with Crippen LogP contribution in [0.3, 0.4) is 0 Å². The van der Waals surface area contributed by atoms with Gasteiger partial charge in [0.15, 0.2) is 5.82 Å². The quantitative estimate of drug-likeness (QED) is 0.350. The van der Waals surface area contributed by atoms with Crippen LogP contribution in [-0.4, -0.2) is 33.9 Å². The Labute approximate surface area is 176 Å². The summed E-state index contributed by atoms with van der Waals surface area (Å²) in [5, 5.41) is 0.181. The average Bonchev–Trinajstić information content (AvgIpc) is 2.73. The minimum absolute atomic E-state index is 0.0267. The molecule has 0 aliphatic rings. The molecular weight excluding hydrogens is 447 g/mol. The van der Waals surface area contributed by atoms with Crippen LogP contribution in [-0.2, 0) is 17.5 Å². The third-order valence-electron chi connectivity index (χ3n) is 4.58. The fraction of sp³-hybridized carbons (Fsp3) is 0.350. The number of fused-ring (bicyclic) bond motifs is 1. The molecule has 2 aromatic heterocycles. The van der Waals surface area contributed by atoms with Gasteiger partial charge < -0.3 is 9.30 Å². The van der Waals surface area contributed by atoms with Crippen molar-refractivity contribution in [3.8, 4) is 11.4 Å². The van der Waals surface area contributed by atoms with E-state index in [-0.39, 0.29) is 48.2 Å². The molecule has 1 unspecified atom stereocenters. The molecule has 0 spiro atoms. The lowest BCUT2D eigenvalue weighted by Crippen LogP contribution is -2.24. The predicted octanol–water partition coefficient (Wildman–Crippen LogP) is 4.97. The van der Waals surface area contributed by atoms with Crippen molar-refractivity contribution < 1.29 is 35.5 Å². The predicted molar refractivity (Wildman–Crippen MR) is 100 cm³/mol. The summed E-state index contributed by atoms with van der Waals surface area (Å²) >= 11 is 0. The first kappa shape index (κ1) is 23.6. The number of aromatic nitrogens is 3. The lowest BCUT2D eigenvalue weighted by molar-refractivity contribution is -0.138. The molecule has 0 N–H and O–H groups in total. The van der Waals surface area contributed by atoms with Crippen LogP contribution < -0.4 is 5.56 Å². The molecule has 172 valence electrons. The molecule has 0 radical (unpaired) electrons. The second-order valence-electron chi connectivity index (χ2n) is 6.86. The van der Waals surface area contributed by atoms with Crippen molar-refractivity contribution in [2.24, 2.45) is 0 Å². The van der Waals surface area contributed by atoms with E-state index >= 15 is 0 Å². The standard InChI is InChI=1S/C20H16F7N3O2/c21-13(2-1-5-32-19(23)24)10-30-4-3-11-6-15(16(22)7-14(11)18(30)31)17-28-8-12(9-29-17)20(25,26)27/h3-4,6-9,13,19H,1-2,5,10H2. The topological polar surface area (TPSA) is 57.0 Å². The lowest BCUT2D eigenvalue weighted by Gasteiger charge is -2.12. The Balaban J connectivity index is 1.81. The first-order valence-electron chi connectivity index (χ1n) is 9.32. The highest BCUT2D eigenvalue weighted by atomic mass is 19.4. The highest BCUT2D eigenvalue weighted by Crippen LogP contribution is 2.30. The highest BCUT2D eigenvalue weighted by Gasteiger charge is 2.31. The van der Waals surface area contributed by atoms with Crippen molar-refractivity contribution >= 4 is 10.8 Å². The Bertz CT molecular complexity index is 1130. The van der Waals surface area contributed by atoms with Gasteiger partial charge in [-0.1, -0.05) is 0 Å². The van der Waals surface area contributed by atoms with Gasteiger partial charge in [0.05, 0.1) is 29.7 Å². The Morgan fingerprint density at radius 2 is 1.78 bits per heavy atom. The summed E-state index contributed by atoms with van der Waals surface area (Å²) < 4.78 is 95.5. The maximum atomic E-state index is 14.6. The van der Waals surface area contributed by atoms with Gasteiger partial charge >= 0.3 is 12.8 Å². The average molecular weight is 463 g/mol. The van der Waals surface area contributed by atoms with Crippen molar-refractivity contribution in [2.75, 3.05) is 6.61 Å². The minimum atomic E-state index is -4.64. The van der Waals surface area contributed by atoms with Gasteiger partial charge in [0.1, 0.15) is 12.0 Å². The van der Waals surface area contributed by atoms with Crippen LogP contribution in [0.25, 0.3) is 22.2 Å². The first-order chi connectivity index (χ1) is 15.1. The van der Waals surface area contributed by atoms with E-state index in [1.807, 2.05) is 0 Å². The minimum Gasteiger partial charge on any atom is -0.323 e. The van der Waals surface area contributed by atoms with Crippen molar-refractivity contribution in [3.05, 3.63) is 58.5 Å². The van der Waals surface area contributed by atoms with Gasteiger partial charge in [-0.2, -0.15) is 22.0 Å². The molecule has 0 bridgehead atoms. The highest BCUT2D eigenvalue weighted by molar-refractivity contribution is 5.85. The molecule has 0 amide bonds. The van der Waals surface area contributed by atoms with E-state index in [4.69, 9.17) is 0 Å². The number of alkyl halides is 6. The lowest BCUT2D eigenvalue weighted by atomic mass is 10.1. The van der Waals surface area contributed by atoms with Gasteiger partial charge in [0.2, 0.25) is 0 Å². The van der Waals surface area contributed by atoms with Gasteiger partial charge in [0, 0.05) is 18.6 Å². The molecule has 0 fully saturated rings. The first-order valence-corrected chi connectivity index (χ1v) is 9.32. The Kier molecular flexibility index (Phi) is 7.12. The van der Waals surface area contributed by atoms with Crippen molar-refractivity contribution in [3.63, 3.8) is 0 Å². The zero-order valence-corrected chi connectivity index (χ0v) is 16.3. The van der Waals surface area contributed by atoms with Gasteiger partial charge in [-0.3, -0.25) is 4.79 Å². The van der Waals surface area contributed by atoms with Gasteiger partial charge in [-0.25, -0.2) is 18.7 Å². The summed E-state index contributed by atoms with van der Waals surface area (Å²) in [5.74, 6) is -1.23. The number of benzene rings is 1. The zero-order valence-electron chi connectivity index (χ0n) is 16.3. The Morgan fingerprint density at radius 3 is 2.41 bits per heavy atom. The van der Waals surface area contributed by atoms with Crippen molar-refractivity contribution in [1.29, 1.82) is 0 Å². The SMILES string of the molecule is O=c1c2cc(F)c(-c3ncc(C(F)(F)F)cn3)cc2ccn1CC(F)CCCOC(F)F. The van der Waals surface area contributed by atoms with Crippen LogP contribution >= 0.6 is 0 Å². The van der Waals surface area contributed by atoms with Crippen molar-refractivity contribution in [1.82, 2.24) is 14.5 Å². The number of rotatable bonds is 8. The monoisotopic (exact) mass is 463 g/mol. The molecule has 2 heterocycles. The van der Waals surface area contributed by atoms with Crippen LogP contribution in [0.15, 0.2) is 41.6 Å². The smallest absolute Gasteiger partial charge is 0.323 e. The molecule has 1 aromatic carbocycles. The second kappa shape index (κ2) is 9.63. The van der Waals surface area contributed by atoms with Gasteiger partial charge in [0.25, 0.3) is 5.56 Å². The van der Waals surface area contributed by atoms with E-state index in [0.29, 0.717) is 12.4 Å². The van der Waals surface area contributed by atoms with Crippen LogP contribution in [0.5, 0.6) is 0 Å². The number of hydrogen-bond acceptors (Lipinski definition) is 4. The third-order valence-corrected chi connectivity index (χ3v) is 4.58. The Hall–Kier alpha value is -3.02. The summed E-state index contributed by atoms with van der Waals surface area (Å²) in [7, 11) is 0. The second-order valence-corrected chi connectivity index (χ2v) is 6.86. The van der Waals surface area contributed by atoms with E-state index in [2.05, 4.69) is 14.7 Å². The van der Waals surface area contributed by atoms with Crippen molar-refractivity contribution in [2.45, 2.75) is 38.3 Å². The van der Waals surface area contributed by atoms with E-state index in [1.165, 1.54) is 18.3 Å². The largest absolute Gasteiger partial charge is 0.419 e. The third kappa shape index (κ3) is 5.61. The van der Waals surface area contributed by atoms with Gasteiger partial charge in [-0.05, 0) is 36.4 Å². The van der Waals surface area contributed by atoms with Crippen LogP contribution in [0, 0.1) is 5.82 Å². The van der Waals surface area contributed by atoms with Gasteiger partial charge in [-0.15, -0.1) is 0 Å². The molecule has 12 heteroatoms.